The molecule has 3 aromatic carbocycles. The molecule has 0 amide bonds. The van der Waals surface area contributed by atoms with Crippen LogP contribution in [0.4, 0.5) is 0 Å². The number of aryl methyl sites for hydroxylation is 1. The molecule has 0 fully saturated rings. The van der Waals surface area contributed by atoms with Crippen LogP contribution in [0.2, 0.25) is 0 Å². The van der Waals surface area contributed by atoms with Crippen molar-refractivity contribution in [1.82, 2.24) is 5.32 Å². The normalized spacial score (nSPS) is 11.1. The van der Waals surface area contributed by atoms with Gasteiger partial charge in [-0.2, -0.15) is 0 Å². The van der Waals surface area contributed by atoms with Gasteiger partial charge < -0.3 is 19.5 Å². The maximum atomic E-state index is 6.40. The first kappa shape index (κ1) is 26.6. The summed E-state index contributed by atoms with van der Waals surface area (Å²) in [6.45, 7) is 18.1. The van der Waals surface area contributed by atoms with Gasteiger partial charge in [0.15, 0.2) is 0 Å². The van der Waals surface area contributed by atoms with Crippen molar-refractivity contribution in [2.24, 2.45) is 0 Å². The van der Waals surface area contributed by atoms with E-state index in [1.165, 1.54) is 11.1 Å². The Morgan fingerprint density at radius 2 is 1.51 bits per heavy atom. The highest BCUT2D eigenvalue weighted by atomic mass is 16.5. The van der Waals surface area contributed by atoms with E-state index in [9.17, 15) is 0 Å². The summed E-state index contributed by atoms with van der Waals surface area (Å²) in [6, 6.07) is 16.8. The van der Waals surface area contributed by atoms with Gasteiger partial charge in [0.25, 0.3) is 0 Å². The second-order valence-electron chi connectivity index (χ2n) is 9.44. The fraction of sp³-hybridized carbons (Fsp3) is 0.419. The van der Waals surface area contributed by atoms with Gasteiger partial charge in [-0.05, 0) is 80.0 Å². The molecule has 0 unspecified atom stereocenters. The third-order valence-corrected chi connectivity index (χ3v) is 6.45. The van der Waals surface area contributed by atoms with Crippen LogP contribution in [0, 0.1) is 27.7 Å². The Hall–Kier alpha value is -2.98. The molecule has 0 radical (unpaired) electrons. The van der Waals surface area contributed by atoms with Crippen LogP contribution in [0.15, 0.2) is 48.5 Å². The Morgan fingerprint density at radius 1 is 0.800 bits per heavy atom. The average molecular weight is 476 g/mol. The summed E-state index contributed by atoms with van der Waals surface area (Å²) in [5.41, 5.74) is 8.16. The van der Waals surface area contributed by atoms with Crippen LogP contribution in [-0.4, -0.2) is 19.8 Å². The summed E-state index contributed by atoms with van der Waals surface area (Å²) in [6.07, 6.45) is 0. The van der Waals surface area contributed by atoms with Gasteiger partial charge in [0.2, 0.25) is 0 Å². The molecule has 0 aliphatic heterocycles. The zero-order valence-electron chi connectivity index (χ0n) is 22.5. The molecule has 3 aromatic rings. The highest BCUT2D eigenvalue weighted by Crippen LogP contribution is 2.38. The molecule has 0 aliphatic carbocycles. The summed E-state index contributed by atoms with van der Waals surface area (Å²) in [7, 11) is 0. The third-order valence-electron chi connectivity index (χ3n) is 6.45. The Balaban J connectivity index is 1.73. The van der Waals surface area contributed by atoms with Crippen molar-refractivity contribution in [1.29, 1.82) is 0 Å². The van der Waals surface area contributed by atoms with E-state index in [2.05, 4.69) is 77.2 Å². The molecule has 35 heavy (non-hydrogen) atoms. The van der Waals surface area contributed by atoms with Crippen molar-refractivity contribution in [2.75, 3.05) is 19.8 Å². The van der Waals surface area contributed by atoms with Crippen LogP contribution in [0.3, 0.4) is 0 Å². The lowest BCUT2D eigenvalue weighted by Crippen LogP contribution is -2.22. The molecule has 0 atom stereocenters. The monoisotopic (exact) mass is 475 g/mol. The van der Waals surface area contributed by atoms with Gasteiger partial charge >= 0.3 is 0 Å². The molecule has 4 nitrogen and oxygen atoms in total. The van der Waals surface area contributed by atoms with E-state index >= 15 is 0 Å². The summed E-state index contributed by atoms with van der Waals surface area (Å²) >= 11 is 0. The first-order chi connectivity index (χ1) is 16.8. The van der Waals surface area contributed by atoms with Crippen LogP contribution < -0.4 is 19.5 Å². The van der Waals surface area contributed by atoms with Gasteiger partial charge in [0.05, 0.1) is 6.61 Å². The van der Waals surface area contributed by atoms with Crippen molar-refractivity contribution >= 4 is 0 Å². The lowest BCUT2D eigenvalue weighted by molar-refractivity contribution is 0.292. The first-order valence-corrected chi connectivity index (χ1v) is 12.7. The van der Waals surface area contributed by atoms with Gasteiger partial charge in [-0.15, -0.1) is 0 Å². The fourth-order valence-corrected chi connectivity index (χ4v) is 4.34. The van der Waals surface area contributed by atoms with E-state index in [0.717, 1.165) is 51.6 Å². The lowest BCUT2D eigenvalue weighted by Gasteiger charge is -2.23. The van der Waals surface area contributed by atoms with E-state index in [4.69, 9.17) is 14.2 Å². The van der Waals surface area contributed by atoms with Gasteiger partial charge in [-0.1, -0.05) is 56.3 Å². The van der Waals surface area contributed by atoms with E-state index < -0.39 is 0 Å². The van der Waals surface area contributed by atoms with E-state index in [1.807, 2.05) is 25.1 Å². The average Bonchev–Trinajstić information content (AvgIpc) is 2.84. The molecule has 0 aromatic heterocycles. The summed E-state index contributed by atoms with van der Waals surface area (Å²) in [4.78, 5) is 0. The topological polar surface area (TPSA) is 39.7 Å². The standard InChI is InChI=1S/C31H41NO3/c1-8-33-30-23(5)24(6)31(35-20-26-12-10-9-11-13-26)28(25(30)7)19-32-16-17-34-29-18-22(4)14-15-27(29)21(2)3/h9-15,18,21,32H,8,16-17,19-20H2,1-7H3. The molecule has 0 saturated heterocycles. The molecule has 3 rings (SSSR count). The fourth-order valence-electron chi connectivity index (χ4n) is 4.34. The molecule has 0 saturated carbocycles. The maximum Gasteiger partial charge on any atom is 0.128 e. The highest BCUT2D eigenvalue weighted by molar-refractivity contribution is 5.58. The van der Waals surface area contributed by atoms with Crippen molar-refractivity contribution < 1.29 is 14.2 Å². The summed E-state index contributed by atoms with van der Waals surface area (Å²) < 4.78 is 18.6. The van der Waals surface area contributed by atoms with Gasteiger partial charge in [0, 0.05) is 18.7 Å². The third kappa shape index (κ3) is 6.79. The molecule has 1 N–H and O–H groups in total. The van der Waals surface area contributed by atoms with Crippen LogP contribution >= 0.6 is 0 Å². The molecular formula is C31H41NO3. The van der Waals surface area contributed by atoms with Crippen LogP contribution in [0.1, 0.15) is 65.6 Å². The molecule has 0 heterocycles. The van der Waals surface area contributed by atoms with E-state index in [0.29, 0.717) is 32.3 Å². The Bertz CT molecular complexity index is 1110. The van der Waals surface area contributed by atoms with Crippen LogP contribution in [0.25, 0.3) is 0 Å². The van der Waals surface area contributed by atoms with Gasteiger partial charge in [-0.3, -0.25) is 0 Å². The Morgan fingerprint density at radius 3 is 2.20 bits per heavy atom. The molecule has 0 bridgehead atoms. The minimum atomic E-state index is 0.429. The zero-order valence-corrected chi connectivity index (χ0v) is 22.5. The number of nitrogens with one attached hydrogen (secondary N) is 1. The van der Waals surface area contributed by atoms with Gasteiger partial charge in [0.1, 0.15) is 30.5 Å². The number of ether oxygens (including phenoxy) is 3. The molecular weight excluding hydrogens is 434 g/mol. The van der Waals surface area contributed by atoms with Crippen molar-refractivity contribution in [2.45, 2.75) is 67.5 Å². The second kappa shape index (κ2) is 12.6. The predicted octanol–water partition coefficient (Wildman–Crippen LogP) is 7.19. The number of hydrogen-bond acceptors (Lipinski definition) is 4. The zero-order chi connectivity index (χ0) is 25.4. The Labute approximate surface area is 211 Å². The number of benzene rings is 3. The highest BCUT2D eigenvalue weighted by Gasteiger charge is 2.19. The maximum absolute atomic E-state index is 6.40. The van der Waals surface area contributed by atoms with Gasteiger partial charge in [-0.25, -0.2) is 0 Å². The Kier molecular flexibility index (Phi) is 9.62. The summed E-state index contributed by atoms with van der Waals surface area (Å²) in [5.74, 6) is 3.32. The van der Waals surface area contributed by atoms with Crippen molar-refractivity contribution in [3.05, 3.63) is 87.5 Å². The minimum absolute atomic E-state index is 0.429. The number of rotatable bonds is 12. The summed E-state index contributed by atoms with van der Waals surface area (Å²) in [5, 5.41) is 3.57. The number of hydrogen-bond donors (Lipinski definition) is 1. The molecule has 4 heteroatoms. The van der Waals surface area contributed by atoms with Crippen LogP contribution in [-0.2, 0) is 13.2 Å². The minimum Gasteiger partial charge on any atom is -0.493 e. The quantitative estimate of drug-likeness (QED) is 0.281. The van der Waals surface area contributed by atoms with E-state index in [1.54, 1.807) is 0 Å². The first-order valence-electron chi connectivity index (χ1n) is 12.7. The van der Waals surface area contributed by atoms with Crippen LogP contribution in [0.5, 0.6) is 17.2 Å². The second-order valence-corrected chi connectivity index (χ2v) is 9.44. The van der Waals surface area contributed by atoms with E-state index in [-0.39, 0.29) is 0 Å². The van der Waals surface area contributed by atoms with Crippen molar-refractivity contribution in [3.63, 3.8) is 0 Å². The lowest BCUT2D eigenvalue weighted by atomic mass is 9.97. The largest absolute Gasteiger partial charge is 0.493 e. The smallest absolute Gasteiger partial charge is 0.128 e. The molecule has 188 valence electrons. The van der Waals surface area contributed by atoms with Crippen molar-refractivity contribution in [3.8, 4) is 17.2 Å². The molecule has 0 aliphatic rings. The molecule has 0 spiro atoms. The SMILES string of the molecule is CCOc1c(C)c(C)c(OCc2ccccc2)c(CNCCOc2cc(C)ccc2C(C)C)c1C. The predicted molar refractivity (Wildman–Crippen MR) is 145 cm³/mol.